The van der Waals surface area contributed by atoms with Crippen molar-refractivity contribution in [3.8, 4) is 5.75 Å². The highest BCUT2D eigenvalue weighted by molar-refractivity contribution is 7.89. The summed E-state index contributed by atoms with van der Waals surface area (Å²) < 4.78 is 33.4. The van der Waals surface area contributed by atoms with E-state index in [9.17, 15) is 8.42 Å². The minimum absolute atomic E-state index is 0. The first-order valence-corrected chi connectivity index (χ1v) is 9.97. The van der Waals surface area contributed by atoms with Gasteiger partial charge in [0, 0.05) is 45.3 Å². The number of piperazine rings is 1. The lowest BCUT2D eigenvalue weighted by atomic mass is 10.1. The molecular weight excluding hydrogens is 362 g/mol. The number of ether oxygens (including phenoxy) is 1. The van der Waals surface area contributed by atoms with Crippen LogP contribution < -0.4 is 10.1 Å². The minimum Gasteiger partial charge on any atom is -0.495 e. The molecule has 2 fully saturated rings. The highest BCUT2D eigenvalue weighted by Crippen LogP contribution is 2.33. The van der Waals surface area contributed by atoms with Gasteiger partial charge in [0.2, 0.25) is 10.0 Å². The number of aryl methyl sites for hydroxylation is 2. The summed E-state index contributed by atoms with van der Waals surface area (Å²) in [5.41, 5.74) is 1.75. The lowest BCUT2D eigenvalue weighted by molar-refractivity contribution is 0.179. The maximum absolute atomic E-state index is 13.2. The van der Waals surface area contributed by atoms with Gasteiger partial charge in [0.25, 0.3) is 0 Å². The normalized spacial score (nSPS) is 22.6. The Labute approximate surface area is 157 Å². The number of benzene rings is 1. The summed E-state index contributed by atoms with van der Waals surface area (Å²) in [5.74, 6) is 0.443. The average molecular weight is 390 g/mol. The Hall–Kier alpha value is -0.860. The Morgan fingerprint density at radius 1 is 1.16 bits per heavy atom. The van der Waals surface area contributed by atoms with Crippen LogP contribution in [0.2, 0.25) is 0 Å². The van der Waals surface area contributed by atoms with Crippen LogP contribution in [-0.2, 0) is 10.0 Å². The summed E-state index contributed by atoms with van der Waals surface area (Å²) in [5, 5.41) is 3.34. The smallest absolute Gasteiger partial charge is 0.247 e. The second-order valence-corrected chi connectivity index (χ2v) is 8.58. The molecule has 142 valence electrons. The molecular formula is C17H28ClN3O3S. The van der Waals surface area contributed by atoms with Crippen molar-refractivity contribution in [3.63, 3.8) is 0 Å². The van der Waals surface area contributed by atoms with Crippen LogP contribution in [0.15, 0.2) is 17.0 Å². The average Bonchev–Trinajstić information content (AvgIpc) is 3.05. The van der Waals surface area contributed by atoms with Crippen molar-refractivity contribution < 1.29 is 13.2 Å². The van der Waals surface area contributed by atoms with Gasteiger partial charge in [-0.15, -0.1) is 12.4 Å². The third-order valence-corrected chi connectivity index (χ3v) is 7.05. The second kappa shape index (κ2) is 8.22. The van der Waals surface area contributed by atoms with Crippen molar-refractivity contribution in [2.75, 3.05) is 46.4 Å². The van der Waals surface area contributed by atoms with Crippen molar-refractivity contribution in [3.05, 3.63) is 23.3 Å². The molecule has 6 nitrogen and oxygen atoms in total. The number of sulfonamides is 1. The third-order valence-electron chi connectivity index (χ3n) is 5.00. The van der Waals surface area contributed by atoms with E-state index >= 15 is 0 Å². The zero-order valence-corrected chi connectivity index (χ0v) is 16.8. The predicted molar refractivity (Wildman–Crippen MR) is 101 cm³/mol. The summed E-state index contributed by atoms with van der Waals surface area (Å²) in [6, 6.07) is 4.02. The van der Waals surface area contributed by atoms with E-state index in [-0.39, 0.29) is 12.4 Å². The summed E-state index contributed by atoms with van der Waals surface area (Å²) in [7, 11) is -2.01. The Morgan fingerprint density at radius 3 is 2.48 bits per heavy atom. The van der Waals surface area contributed by atoms with Crippen LogP contribution in [0.4, 0.5) is 0 Å². The monoisotopic (exact) mass is 389 g/mol. The van der Waals surface area contributed by atoms with Crippen molar-refractivity contribution in [1.29, 1.82) is 0 Å². The standard InChI is InChI=1S/C17H27N3O3S.ClH/c1-13-10-14(2)17(16(11-13)23-3)24(21,22)20-7-4-15(12-20)19-8-5-18-6-9-19;/h10-11,15,18H,4-9,12H2,1-3H3;1H. The fraction of sp³-hybridized carbons (Fsp3) is 0.647. The van der Waals surface area contributed by atoms with E-state index in [0.29, 0.717) is 29.8 Å². The number of methoxy groups -OCH3 is 1. The summed E-state index contributed by atoms with van der Waals surface area (Å²) >= 11 is 0. The van der Waals surface area contributed by atoms with Crippen LogP contribution in [0.1, 0.15) is 17.5 Å². The molecule has 0 bridgehead atoms. The van der Waals surface area contributed by atoms with Crippen molar-refractivity contribution in [1.82, 2.24) is 14.5 Å². The maximum Gasteiger partial charge on any atom is 0.247 e. The summed E-state index contributed by atoms with van der Waals surface area (Å²) in [6.45, 7) is 8.87. The zero-order chi connectivity index (χ0) is 17.3. The van der Waals surface area contributed by atoms with Gasteiger partial charge in [-0.05, 0) is 37.5 Å². The number of hydrogen-bond acceptors (Lipinski definition) is 5. The molecule has 0 amide bonds. The molecule has 25 heavy (non-hydrogen) atoms. The number of nitrogens with zero attached hydrogens (tertiary/aromatic N) is 2. The van der Waals surface area contributed by atoms with E-state index in [2.05, 4.69) is 10.2 Å². The van der Waals surface area contributed by atoms with Gasteiger partial charge in [-0.25, -0.2) is 8.42 Å². The Balaban J connectivity index is 0.00000225. The second-order valence-electron chi connectivity index (χ2n) is 6.70. The zero-order valence-electron chi connectivity index (χ0n) is 15.1. The molecule has 3 rings (SSSR count). The van der Waals surface area contributed by atoms with Crippen LogP contribution in [0.3, 0.4) is 0 Å². The van der Waals surface area contributed by atoms with Gasteiger partial charge in [0.05, 0.1) is 7.11 Å². The molecule has 2 aliphatic rings. The quantitative estimate of drug-likeness (QED) is 0.843. The van der Waals surface area contributed by atoms with Gasteiger partial charge in [-0.2, -0.15) is 4.31 Å². The predicted octanol–water partition coefficient (Wildman–Crippen LogP) is 1.40. The van der Waals surface area contributed by atoms with Gasteiger partial charge in [0.1, 0.15) is 10.6 Å². The molecule has 0 spiro atoms. The molecule has 8 heteroatoms. The van der Waals surface area contributed by atoms with E-state index in [0.717, 1.165) is 43.7 Å². The molecule has 1 N–H and O–H groups in total. The fourth-order valence-corrected chi connectivity index (χ4v) is 5.64. The topological polar surface area (TPSA) is 61.9 Å². The van der Waals surface area contributed by atoms with Crippen LogP contribution in [0.25, 0.3) is 0 Å². The molecule has 2 saturated heterocycles. The lowest BCUT2D eigenvalue weighted by Crippen LogP contribution is -2.49. The van der Waals surface area contributed by atoms with Crippen LogP contribution in [0.5, 0.6) is 5.75 Å². The van der Waals surface area contributed by atoms with Gasteiger partial charge in [-0.1, -0.05) is 6.07 Å². The van der Waals surface area contributed by atoms with Crippen molar-refractivity contribution in [2.24, 2.45) is 0 Å². The number of halogens is 1. The molecule has 1 aromatic rings. The number of hydrogen-bond donors (Lipinski definition) is 1. The van der Waals surface area contributed by atoms with E-state index in [1.54, 1.807) is 10.4 Å². The molecule has 0 aromatic heterocycles. The minimum atomic E-state index is -3.53. The van der Waals surface area contributed by atoms with E-state index in [4.69, 9.17) is 4.74 Å². The highest BCUT2D eigenvalue weighted by Gasteiger charge is 2.37. The van der Waals surface area contributed by atoms with Gasteiger partial charge < -0.3 is 10.1 Å². The first kappa shape index (κ1) is 20.5. The molecule has 2 heterocycles. The molecule has 1 aromatic carbocycles. The van der Waals surface area contributed by atoms with Crippen LogP contribution >= 0.6 is 12.4 Å². The van der Waals surface area contributed by atoms with Gasteiger partial charge >= 0.3 is 0 Å². The molecule has 1 unspecified atom stereocenters. The van der Waals surface area contributed by atoms with Crippen LogP contribution in [0, 0.1) is 13.8 Å². The molecule has 2 aliphatic heterocycles. The van der Waals surface area contributed by atoms with Crippen molar-refractivity contribution >= 4 is 22.4 Å². The highest BCUT2D eigenvalue weighted by atomic mass is 35.5. The maximum atomic E-state index is 13.2. The fourth-order valence-electron chi connectivity index (χ4n) is 3.80. The molecule has 1 atom stereocenters. The SMILES string of the molecule is COc1cc(C)cc(C)c1S(=O)(=O)N1CCC(N2CCNCC2)C1.Cl. The first-order chi connectivity index (χ1) is 11.4. The lowest BCUT2D eigenvalue weighted by Gasteiger charge is -2.32. The summed E-state index contributed by atoms with van der Waals surface area (Å²) in [6.07, 6.45) is 0.895. The molecule has 0 radical (unpaired) electrons. The third kappa shape index (κ3) is 4.11. The molecule has 0 saturated carbocycles. The van der Waals surface area contributed by atoms with E-state index in [1.807, 2.05) is 19.9 Å². The van der Waals surface area contributed by atoms with Crippen LogP contribution in [-0.4, -0.2) is 70.0 Å². The Bertz CT molecular complexity index is 705. The largest absolute Gasteiger partial charge is 0.495 e. The number of rotatable bonds is 4. The number of nitrogens with one attached hydrogen (secondary N) is 1. The van der Waals surface area contributed by atoms with E-state index in [1.165, 1.54) is 7.11 Å². The first-order valence-electron chi connectivity index (χ1n) is 8.53. The van der Waals surface area contributed by atoms with Gasteiger partial charge in [-0.3, -0.25) is 4.90 Å². The Kier molecular flexibility index (Phi) is 6.73. The molecule has 0 aliphatic carbocycles. The Morgan fingerprint density at radius 2 is 1.84 bits per heavy atom. The summed E-state index contributed by atoms with van der Waals surface area (Å²) in [4.78, 5) is 2.72. The van der Waals surface area contributed by atoms with E-state index < -0.39 is 10.0 Å². The van der Waals surface area contributed by atoms with Gasteiger partial charge in [0.15, 0.2) is 0 Å². The van der Waals surface area contributed by atoms with Crippen molar-refractivity contribution in [2.45, 2.75) is 31.2 Å².